The van der Waals surface area contributed by atoms with E-state index in [-0.39, 0.29) is 24.9 Å². The Hall–Kier alpha value is -2.44. The van der Waals surface area contributed by atoms with Crippen molar-refractivity contribution in [1.29, 1.82) is 0 Å². The van der Waals surface area contributed by atoms with Crippen molar-refractivity contribution in [3.8, 4) is 0 Å². The zero-order valence-corrected chi connectivity index (χ0v) is 36.0. The highest BCUT2D eigenvalue weighted by atomic mass is 16.5. The van der Waals surface area contributed by atoms with Crippen LogP contribution in [0, 0.1) is 0 Å². The number of ether oxygens (including phenoxy) is 1. The zero-order chi connectivity index (χ0) is 40.3. The van der Waals surface area contributed by atoms with E-state index in [9.17, 15) is 19.8 Å². The van der Waals surface area contributed by atoms with Gasteiger partial charge in [0.1, 0.15) is 6.10 Å². The van der Waals surface area contributed by atoms with E-state index in [1.807, 2.05) is 54.7 Å². The maximum Gasteiger partial charge on any atom is 0.306 e. The Bertz CT molecular complexity index is 999. The number of rotatable bonds is 40. The van der Waals surface area contributed by atoms with Gasteiger partial charge >= 0.3 is 5.97 Å². The van der Waals surface area contributed by atoms with Crippen LogP contribution in [0.15, 0.2) is 60.8 Å². The summed E-state index contributed by atoms with van der Waals surface area (Å²) >= 11 is 0. The number of hydrogen-bond acceptors (Lipinski definition) is 5. The molecule has 6 heteroatoms. The number of aliphatic hydroxyl groups excluding tert-OH is 2. The van der Waals surface area contributed by atoms with Crippen molar-refractivity contribution in [2.24, 2.45) is 0 Å². The molecule has 0 bridgehead atoms. The molecule has 0 fully saturated rings. The van der Waals surface area contributed by atoms with Gasteiger partial charge in [-0.1, -0.05) is 223 Å². The van der Waals surface area contributed by atoms with Crippen molar-refractivity contribution in [3.63, 3.8) is 0 Å². The Morgan fingerprint density at radius 1 is 0.545 bits per heavy atom. The van der Waals surface area contributed by atoms with Crippen LogP contribution in [-0.4, -0.2) is 46.9 Å². The number of carbonyl (C=O) groups excluding carboxylic acids is 2. The molecule has 0 radical (unpaired) electrons. The molecule has 1 amide bonds. The van der Waals surface area contributed by atoms with Crippen LogP contribution in [0.25, 0.3) is 0 Å². The van der Waals surface area contributed by atoms with E-state index in [4.69, 9.17) is 4.74 Å². The molecule has 3 unspecified atom stereocenters. The second-order valence-electron chi connectivity index (χ2n) is 15.6. The Morgan fingerprint density at radius 2 is 0.964 bits per heavy atom. The molecule has 6 nitrogen and oxygen atoms in total. The third-order valence-corrected chi connectivity index (χ3v) is 10.2. The summed E-state index contributed by atoms with van der Waals surface area (Å²) in [6, 6.07) is -0.714. The third kappa shape index (κ3) is 38.2. The van der Waals surface area contributed by atoms with Crippen molar-refractivity contribution in [2.45, 2.75) is 232 Å². The first-order valence-electron chi connectivity index (χ1n) is 23.1. The van der Waals surface area contributed by atoms with Crippen LogP contribution in [0.1, 0.15) is 213 Å². The molecule has 0 heterocycles. The fourth-order valence-corrected chi connectivity index (χ4v) is 6.75. The summed E-state index contributed by atoms with van der Waals surface area (Å²) in [5.41, 5.74) is 0. The molecule has 0 aromatic heterocycles. The standard InChI is InChI=1S/C49H87NO5/c1-4-7-10-13-16-19-21-23-25-26-29-32-35-38-41-47(52)46(44-51)50-48(53)43-45(40-37-34-31-28-18-15-12-9-6-3)55-49(54)42-39-36-33-30-27-24-22-20-17-14-11-8-5-2/h8,11,14,17,20,22,24,27,30,33,45-47,51-52H,4-7,9-10,12-13,15-16,18-19,21,23,25-26,28-29,31-32,34-44H2,1-3H3,(H,50,53)/b11-8+,17-14+,22-20-,27-24-,33-30+. The van der Waals surface area contributed by atoms with Gasteiger partial charge in [0.15, 0.2) is 0 Å². The minimum absolute atomic E-state index is 0.0487. The summed E-state index contributed by atoms with van der Waals surface area (Å²) in [5.74, 6) is -0.564. The summed E-state index contributed by atoms with van der Waals surface area (Å²) in [4.78, 5) is 25.9. The molecule has 318 valence electrons. The molecule has 0 saturated carbocycles. The number of amides is 1. The highest BCUT2D eigenvalue weighted by Crippen LogP contribution is 2.17. The minimum Gasteiger partial charge on any atom is -0.462 e. The molecule has 0 rings (SSSR count). The number of hydrogen-bond donors (Lipinski definition) is 3. The Balaban J connectivity index is 4.61. The predicted molar refractivity (Wildman–Crippen MR) is 236 cm³/mol. The fourth-order valence-electron chi connectivity index (χ4n) is 6.75. The van der Waals surface area contributed by atoms with E-state index in [2.05, 4.69) is 32.2 Å². The second kappa shape index (κ2) is 42.7. The van der Waals surface area contributed by atoms with E-state index in [0.717, 1.165) is 51.4 Å². The van der Waals surface area contributed by atoms with Gasteiger partial charge in [0.2, 0.25) is 5.91 Å². The fraction of sp³-hybridized carbons (Fsp3) is 0.755. The molecule has 3 N–H and O–H groups in total. The molecule has 0 aromatic rings. The molecule has 55 heavy (non-hydrogen) atoms. The molecule has 3 atom stereocenters. The lowest BCUT2D eigenvalue weighted by molar-refractivity contribution is -0.151. The van der Waals surface area contributed by atoms with Gasteiger partial charge in [-0.3, -0.25) is 9.59 Å². The molecule has 0 aliphatic rings. The topological polar surface area (TPSA) is 95.9 Å². The normalized spacial score (nSPS) is 13.9. The van der Waals surface area contributed by atoms with Crippen LogP contribution in [0.5, 0.6) is 0 Å². The van der Waals surface area contributed by atoms with Gasteiger partial charge < -0.3 is 20.3 Å². The summed E-state index contributed by atoms with van der Waals surface area (Å²) in [6.45, 7) is 6.29. The molecular weight excluding hydrogens is 683 g/mol. The summed E-state index contributed by atoms with van der Waals surface area (Å²) < 4.78 is 5.85. The van der Waals surface area contributed by atoms with Gasteiger partial charge in [0.05, 0.1) is 25.2 Å². The van der Waals surface area contributed by atoms with E-state index in [0.29, 0.717) is 25.7 Å². The Kier molecular flexibility index (Phi) is 40.8. The SMILES string of the molecule is CC/C=C/C=C/C=C\C=C/C=C/CCCC(=O)OC(CCCCCCCCCCC)CC(=O)NC(CO)C(O)CCCCCCCCCCCCCCCC. The van der Waals surface area contributed by atoms with Gasteiger partial charge in [-0.25, -0.2) is 0 Å². The average Bonchev–Trinajstić information content (AvgIpc) is 3.18. The van der Waals surface area contributed by atoms with E-state index >= 15 is 0 Å². The van der Waals surface area contributed by atoms with E-state index in [1.165, 1.54) is 109 Å². The molecule has 0 saturated heterocycles. The lowest BCUT2D eigenvalue weighted by atomic mass is 10.0. The molecule has 0 aliphatic heterocycles. The molecule has 0 aliphatic carbocycles. The number of carbonyl (C=O) groups is 2. The first-order valence-corrected chi connectivity index (χ1v) is 23.1. The first kappa shape index (κ1) is 52.6. The largest absolute Gasteiger partial charge is 0.462 e. The molecule has 0 aromatic carbocycles. The smallest absolute Gasteiger partial charge is 0.306 e. The number of aliphatic hydroxyl groups is 2. The summed E-state index contributed by atoms with van der Waals surface area (Å²) in [6.07, 6.45) is 51.4. The van der Waals surface area contributed by atoms with Crippen LogP contribution < -0.4 is 5.32 Å². The summed E-state index contributed by atoms with van der Waals surface area (Å²) in [7, 11) is 0. The van der Waals surface area contributed by atoms with Crippen LogP contribution in [0.3, 0.4) is 0 Å². The van der Waals surface area contributed by atoms with Crippen molar-refractivity contribution >= 4 is 11.9 Å². The minimum atomic E-state index is -0.798. The maximum absolute atomic E-state index is 13.1. The maximum atomic E-state index is 13.1. The molecule has 0 spiro atoms. The van der Waals surface area contributed by atoms with Gasteiger partial charge in [-0.05, 0) is 38.5 Å². The summed E-state index contributed by atoms with van der Waals surface area (Å²) in [5, 5.41) is 23.6. The third-order valence-electron chi connectivity index (χ3n) is 10.2. The lowest BCUT2D eigenvalue weighted by Gasteiger charge is -2.24. The van der Waals surface area contributed by atoms with Crippen molar-refractivity contribution < 1.29 is 24.5 Å². The van der Waals surface area contributed by atoms with Gasteiger partial charge in [0, 0.05) is 6.42 Å². The van der Waals surface area contributed by atoms with Crippen LogP contribution in [-0.2, 0) is 14.3 Å². The number of nitrogens with one attached hydrogen (secondary N) is 1. The number of esters is 1. The predicted octanol–water partition coefficient (Wildman–Crippen LogP) is 13.3. The molecular formula is C49H87NO5. The average molecular weight is 770 g/mol. The second-order valence-corrected chi connectivity index (χ2v) is 15.6. The first-order chi connectivity index (χ1) is 27.0. The van der Waals surface area contributed by atoms with Crippen LogP contribution in [0.2, 0.25) is 0 Å². The van der Waals surface area contributed by atoms with E-state index in [1.54, 1.807) is 0 Å². The highest BCUT2D eigenvalue weighted by Gasteiger charge is 2.24. The van der Waals surface area contributed by atoms with E-state index < -0.39 is 18.2 Å². The quantitative estimate of drug-likeness (QED) is 0.0328. The number of unbranched alkanes of at least 4 members (excludes halogenated alkanes) is 22. The Labute approximate surface area is 339 Å². The Morgan fingerprint density at radius 3 is 1.42 bits per heavy atom. The van der Waals surface area contributed by atoms with Crippen LogP contribution >= 0.6 is 0 Å². The van der Waals surface area contributed by atoms with Crippen molar-refractivity contribution in [3.05, 3.63) is 60.8 Å². The van der Waals surface area contributed by atoms with Crippen LogP contribution in [0.4, 0.5) is 0 Å². The zero-order valence-electron chi connectivity index (χ0n) is 36.0. The van der Waals surface area contributed by atoms with Gasteiger partial charge in [0.25, 0.3) is 0 Å². The van der Waals surface area contributed by atoms with Crippen molar-refractivity contribution in [2.75, 3.05) is 6.61 Å². The van der Waals surface area contributed by atoms with Gasteiger partial charge in [-0.15, -0.1) is 0 Å². The highest BCUT2D eigenvalue weighted by molar-refractivity contribution is 5.77. The van der Waals surface area contributed by atoms with Gasteiger partial charge in [-0.2, -0.15) is 0 Å². The lowest BCUT2D eigenvalue weighted by Crippen LogP contribution is -2.46. The van der Waals surface area contributed by atoms with Crippen molar-refractivity contribution in [1.82, 2.24) is 5.32 Å². The monoisotopic (exact) mass is 770 g/mol. The number of allylic oxidation sites excluding steroid dienone is 10.